The van der Waals surface area contributed by atoms with E-state index in [1.54, 1.807) is 19.1 Å². The van der Waals surface area contributed by atoms with E-state index >= 15 is 0 Å². The van der Waals surface area contributed by atoms with Gasteiger partial charge in [-0.2, -0.15) is 0 Å². The number of carbonyl (C=O) groups is 1. The second kappa shape index (κ2) is 5.17. The molecule has 0 aromatic heterocycles. The molecule has 1 amide bonds. The maximum Gasteiger partial charge on any atom is 0.224 e. The number of rotatable bonds is 4. The van der Waals surface area contributed by atoms with Crippen molar-refractivity contribution in [3.05, 3.63) is 29.8 Å². The van der Waals surface area contributed by atoms with Crippen LogP contribution in [0.5, 0.6) is 0 Å². The van der Waals surface area contributed by atoms with Crippen LogP contribution in [0.4, 0.5) is 5.69 Å². The standard InChI is InChI=1S/C11H12NO2/c1-2-11(14)12-10-6-4-3-5-9(10)7-8-13/h3-6H,2,7H2,1H3,(H,12,14). The first-order valence-electron chi connectivity index (χ1n) is 4.50. The zero-order valence-electron chi connectivity index (χ0n) is 8.04. The molecular weight excluding hydrogens is 178 g/mol. The van der Waals surface area contributed by atoms with Crippen molar-refractivity contribution in [1.82, 2.24) is 0 Å². The molecule has 0 aliphatic carbocycles. The lowest BCUT2D eigenvalue weighted by atomic mass is 10.1. The maximum absolute atomic E-state index is 11.1. The minimum atomic E-state index is -0.0525. The minimum absolute atomic E-state index is 0.0525. The molecule has 0 spiro atoms. The highest BCUT2D eigenvalue weighted by Gasteiger charge is 2.03. The molecule has 1 N–H and O–H groups in total. The van der Waals surface area contributed by atoms with Gasteiger partial charge in [0.05, 0.1) is 0 Å². The summed E-state index contributed by atoms with van der Waals surface area (Å²) in [6.45, 7) is 1.78. The Morgan fingerprint density at radius 3 is 2.79 bits per heavy atom. The number of para-hydroxylation sites is 1. The first-order chi connectivity index (χ1) is 6.77. The van der Waals surface area contributed by atoms with E-state index in [0.29, 0.717) is 12.1 Å². The topological polar surface area (TPSA) is 46.2 Å². The van der Waals surface area contributed by atoms with E-state index in [1.165, 1.54) is 0 Å². The maximum atomic E-state index is 11.1. The van der Waals surface area contributed by atoms with E-state index < -0.39 is 0 Å². The molecule has 1 radical (unpaired) electrons. The molecule has 3 heteroatoms. The van der Waals surface area contributed by atoms with Gasteiger partial charge in [0.25, 0.3) is 0 Å². The number of anilines is 1. The summed E-state index contributed by atoms with van der Waals surface area (Å²) in [6, 6.07) is 7.23. The van der Waals surface area contributed by atoms with Gasteiger partial charge in [-0.25, -0.2) is 0 Å². The van der Waals surface area contributed by atoms with Gasteiger partial charge in [0.1, 0.15) is 0 Å². The summed E-state index contributed by atoms with van der Waals surface area (Å²) in [5, 5.41) is 2.73. The fourth-order valence-corrected chi connectivity index (χ4v) is 1.11. The first kappa shape index (κ1) is 10.4. The molecule has 1 aromatic rings. The third-order valence-corrected chi connectivity index (χ3v) is 1.88. The first-order valence-corrected chi connectivity index (χ1v) is 4.50. The van der Waals surface area contributed by atoms with Crippen LogP contribution < -0.4 is 5.32 Å². The lowest BCUT2D eigenvalue weighted by Crippen LogP contribution is -2.11. The van der Waals surface area contributed by atoms with Gasteiger partial charge in [-0.15, -0.1) is 0 Å². The van der Waals surface area contributed by atoms with Crippen LogP contribution >= 0.6 is 0 Å². The highest BCUT2D eigenvalue weighted by molar-refractivity contribution is 5.91. The Bertz CT molecular complexity index is 334. The van der Waals surface area contributed by atoms with Crippen LogP contribution in [0.2, 0.25) is 0 Å². The van der Waals surface area contributed by atoms with E-state index in [9.17, 15) is 9.59 Å². The van der Waals surface area contributed by atoms with E-state index in [-0.39, 0.29) is 12.3 Å². The van der Waals surface area contributed by atoms with Crippen molar-refractivity contribution in [2.45, 2.75) is 19.8 Å². The molecular formula is C11H12NO2. The van der Waals surface area contributed by atoms with Crippen molar-refractivity contribution in [3.8, 4) is 0 Å². The quantitative estimate of drug-likeness (QED) is 0.785. The SMILES string of the molecule is CCC(=O)Nc1ccccc1C[C]=O. The molecule has 0 saturated heterocycles. The van der Waals surface area contributed by atoms with Crippen LogP contribution in [0, 0.1) is 0 Å². The average molecular weight is 190 g/mol. The summed E-state index contributed by atoms with van der Waals surface area (Å²) in [5.74, 6) is -0.0525. The fraction of sp³-hybridized carbons (Fsp3) is 0.273. The molecule has 0 aliphatic heterocycles. The lowest BCUT2D eigenvalue weighted by Gasteiger charge is -2.07. The molecule has 1 rings (SSSR count). The predicted molar refractivity (Wildman–Crippen MR) is 54.8 cm³/mol. The lowest BCUT2D eigenvalue weighted by molar-refractivity contribution is -0.115. The van der Waals surface area contributed by atoms with Gasteiger partial charge in [0.2, 0.25) is 12.2 Å². The van der Waals surface area contributed by atoms with Gasteiger partial charge >= 0.3 is 0 Å². The second-order valence-electron chi connectivity index (χ2n) is 2.88. The average Bonchev–Trinajstić information content (AvgIpc) is 2.21. The van der Waals surface area contributed by atoms with Gasteiger partial charge in [-0.05, 0) is 11.6 Å². The van der Waals surface area contributed by atoms with Crippen molar-refractivity contribution >= 4 is 17.9 Å². The summed E-state index contributed by atoms with van der Waals surface area (Å²) >= 11 is 0. The number of carbonyl (C=O) groups excluding carboxylic acids is 2. The van der Waals surface area contributed by atoms with Crippen LogP contribution in [-0.2, 0) is 16.0 Å². The molecule has 3 nitrogen and oxygen atoms in total. The normalized spacial score (nSPS) is 9.50. The Hall–Kier alpha value is -1.64. The van der Waals surface area contributed by atoms with Crippen molar-refractivity contribution in [2.24, 2.45) is 0 Å². The van der Waals surface area contributed by atoms with Crippen LogP contribution in [0.15, 0.2) is 24.3 Å². The summed E-state index contributed by atoms with van der Waals surface area (Å²) in [6.07, 6.45) is 2.45. The molecule has 0 aliphatic rings. The molecule has 1 aromatic carbocycles. The number of nitrogens with one attached hydrogen (secondary N) is 1. The van der Waals surface area contributed by atoms with Gasteiger partial charge in [0.15, 0.2) is 0 Å². The largest absolute Gasteiger partial charge is 0.326 e. The van der Waals surface area contributed by atoms with Crippen LogP contribution in [0.1, 0.15) is 18.9 Å². The van der Waals surface area contributed by atoms with E-state index in [1.807, 2.05) is 18.4 Å². The smallest absolute Gasteiger partial charge is 0.224 e. The Kier molecular flexibility index (Phi) is 3.85. The number of amides is 1. The molecule has 0 saturated carbocycles. The highest BCUT2D eigenvalue weighted by Crippen LogP contribution is 2.14. The Morgan fingerprint density at radius 1 is 1.43 bits per heavy atom. The molecule has 0 unspecified atom stereocenters. The number of hydrogen-bond acceptors (Lipinski definition) is 2. The van der Waals surface area contributed by atoms with Crippen molar-refractivity contribution < 1.29 is 9.59 Å². The Morgan fingerprint density at radius 2 is 2.14 bits per heavy atom. The zero-order valence-corrected chi connectivity index (χ0v) is 8.04. The van der Waals surface area contributed by atoms with Gasteiger partial charge < -0.3 is 5.32 Å². The minimum Gasteiger partial charge on any atom is -0.326 e. The van der Waals surface area contributed by atoms with Crippen molar-refractivity contribution in [2.75, 3.05) is 5.32 Å². The fourth-order valence-electron chi connectivity index (χ4n) is 1.11. The molecule has 0 bridgehead atoms. The molecule has 73 valence electrons. The van der Waals surface area contributed by atoms with Crippen LogP contribution in [0.25, 0.3) is 0 Å². The third-order valence-electron chi connectivity index (χ3n) is 1.88. The van der Waals surface area contributed by atoms with Crippen molar-refractivity contribution in [1.29, 1.82) is 0 Å². The predicted octanol–water partition coefficient (Wildman–Crippen LogP) is 1.69. The Balaban J connectivity index is 2.83. The summed E-state index contributed by atoms with van der Waals surface area (Å²) in [7, 11) is 0. The third kappa shape index (κ3) is 2.69. The van der Waals surface area contributed by atoms with Crippen molar-refractivity contribution in [3.63, 3.8) is 0 Å². The molecule has 0 atom stereocenters. The van der Waals surface area contributed by atoms with Crippen LogP contribution in [0.3, 0.4) is 0 Å². The molecule has 14 heavy (non-hydrogen) atoms. The van der Waals surface area contributed by atoms with Gasteiger partial charge in [0, 0.05) is 18.5 Å². The monoisotopic (exact) mass is 190 g/mol. The summed E-state index contributed by atoms with van der Waals surface area (Å²) in [4.78, 5) is 21.4. The Labute approximate surface area is 83.1 Å². The summed E-state index contributed by atoms with van der Waals surface area (Å²) < 4.78 is 0. The van der Waals surface area contributed by atoms with E-state index in [4.69, 9.17) is 0 Å². The number of benzene rings is 1. The van der Waals surface area contributed by atoms with E-state index in [0.717, 1.165) is 5.56 Å². The summed E-state index contributed by atoms with van der Waals surface area (Å²) in [5.41, 5.74) is 1.49. The highest BCUT2D eigenvalue weighted by atomic mass is 16.1. The molecule has 0 heterocycles. The van der Waals surface area contributed by atoms with E-state index in [2.05, 4.69) is 5.32 Å². The van der Waals surface area contributed by atoms with Gasteiger partial charge in [-0.3, -0.25) is 9.59 Å². The van der Waals surface area contributed by atoms with Crippen LogP contribution in [-0.4, -0.2) is 12.2 Å². The second-order valence-corrected chi connectivity index (χ2v) is 2.88. The zero-order chi connectivity index (χ0) is 10.4. The number of hydrogen-bond donors (Lipinski definition) is 1. The molecule has 0 fully saturated rings. The van der Waals surface area contributed by atoms with Gasteiger partial charge in [-0.1, -0.05) is 25.1 Å².